The summed E-state index contributed by atoms with van der Waals surface area (Å²) >= 11 is 0. The predicted octanol–water partition coefficient (Wildman–Crippen LogP) is 2.10. The molecule has 0 fully saturated rings. The van der Waals surface area contributed by atoms with E-state index in [4.69, 9.17) is 0 Å². The molecular weight excluding hydrogens is 222 g/mol. The Kier molecular flexibility index (Phi) is 4.80. The molecule has 0 bridgehead atoms. The van der Waals surface area contributed by atoms with Crippen molar-refractivity contribution in [1.82, 2.24) is 0 Å². The zero-order chi connectivity index (χ0) is 12.0. The van der Waals surface area contributed by atoms with Gasteiger partial charge in [0.15, 0.2) is 9.84 Å². The summed E-state index contributed by atoms with van der Waals surface area (Å²) in [6.07, 6.45) is 0.989. The van der Waals surface area contributed by atoms with E-state index in [-0.39, 0.29) is 11.5 Å². The second-order valence-electron chi connectivity index (χ2n) is 3.72. The predicted molar refractivity (Wildman–Crippen MR) is 68.6 cm³/mol. The summed E-state index contributed by atoms with van der Waals surface area (Å²) in [5.74, 6) is 0.406. The van der Waals surface area contributed by atoms with E-state index in [0.29, 0.717) is 6.54 Å². The van der Waals surface area contributed by atoms with E-state index in [0.717, 1.165) is 12.1 Å². The van der Waals surface area contributed by atoms with Crippen molar-refractivity contribution in [3.63, 3.8) is 0 Å². The molecule has 0 aliphatic rings. The van der Waals surface area contributed by atoms with E-state index in [9.17, 15) is 8.42 Å². The Hall–Kier alpha value is -1.03. The number of nitrogens with one attached hydrogen (secondary N) is 1. The standard InChI is InChI=1S/C12H19NO2S/c1-3-11-6-5-7-12(10-11)13-8-9-16(14,15)4-2/h5-7,10,13H,3-4,8-9H2,1-2H3. The van der Waals surface area contributed by atoms with Crippen LogP contribution in [-0.4, -0.2) is 26.5 Å². The molecule has 0 amide bonds. The average Bonchev–Trinajstić information content (AvgIpc) is 2.29. The molecule has 0 heterocycles. The quantitative estimate of drug-likeness (QED) is 0.829. The summed E-state index contributed by atoms with van der Waals surface area (Å²) in [5, 5.41) is 3.13. The minimum Gasteiger partial charge on any atom is -0.384 e. The summed E-state index contributed by atoms with van der Waals surface area (Å²) in [6, 6.07) is 8.06. The van der Waals surface area contributed by atoms with Crippen molar-refractivity contribution in [2.75, 3.05) is 23.4 Å². The Morgan fingerprint density at radius 1 is 1.25 bits per heavy atom. The lowest BCUT2D eigenvalue weighted by Crippen LogP contribution is -2.17. The molecule has 0 saturated carbocycles. The van der Waals surface area contributed by atoms with Gasteiger partial charge in [0.05, 0.1) is 5.75 Å². The fraction of sp³-hybridized carbons (Fsp3) is 0.500. The molecule has 0 spiro atoms. The van der Waals surface area contributed by atoms with Gasteiger partial charge in [-0.3, -0.25) is 0 Å². The van der Waals surface area contributed by atoms with E-state index in [1.807, 2.05) is 12.1 Å². The van der Waals surface area contributed by atoms with Gasteiger partial charge in [-0.2, -0.15) is 0 Å². The molecule has 1 aromatic carbocycles. The van der Waals surface area contributed by atoms with Gasteiger partial charge in [-0.1, -0.05) is 26.0 Å². The van der Waals surface area contributed by atoms with Crippen molar-refractivity contribution in [1.29, 1.82) is 0 Å². The van der Waals surface area contributed by atoms with Crippen LogP contribution >= 0.6 is 0 Å². The van der Waals surface area contributed by atoms with E-state index < -0.39 is 9.84 Å². The van der Waals surface area contributed by atoms with Crippen LogP contribution in [-0.2, 0) is 16.3 Å². The maximum Gasteiger partial charge on any atom is 0.151 e. The van der Waals surface area contributed by atoms with E-state index >= 15 is 0 Å². The van der Waals surface area contributed by atoms with Crippen LogP contribution in [0.1, 0.15) is 19.4 Å². The second-order valence-corrected chi connectivity index (χ2v) is 6.19. The van der Waals surface area contributed by atoms with Crippen LogP contribution in [0.5, 0.6) is 0 Å². The number of rotatable bonds is 6. The first-order valence-corrected chi connectivity index (χ1v) is 7.42. The third-order valence-electron chi connectivity index (χ3n) is 2.52. The fourth-order valence-electron chi connectivity index (χ4n) is 1.40. The molecule has 1 aromatic rings. The SMILES string of the molecule is CCc1cccc(NCCS(=O)(=O)CC)c1. The van der Waals surface area contributed by atoms with Crippen molar-refractivity contribution >= 4 is 15.5 Å². The summed E-state index contributed by atoms with van der Waals surface area (Å²) in [5.41, 5.74) is 2.24. The molecule has 0 aliphatic heterocycles. The van der Waals surface area contributed by atoms with Crippen molar-refractivity contribution < 1.29 is 8.42 Å². The maximum atomic E-state index is 11.3. The van der Waals surface area contributed by atoms with Gasteiger partial charge in [-0.15, -0.1) is 0 Å². The normalized spacial score (nSPS) is 11.4. The molecule has 0 radical (unpaired) electrons. The fourth-order valence-corrected chi connectivity index (χ4v) is 2.10. The highest BCUT2D eigenvalue weighted by atomic mass is 32.2. The van der Waals surface area contributed by atoms with Gasteiger partial charge in [0.2, 0.25) is 0 Å². The van der Waals surface area contributed by atoms with Gasteiger partial charge >= 0.3 is 0 Å². The molecule has 0 saturated heterocycles. The second kappa shape index (κ2) is 5.89. The zero-order valence-corrected chi connectivity index (χ0v) is 10.7. The molecular formula is C12H19NO2S. The van der Waals surface area contributed by atoms with Gasteiger partial charge in [0.1, 0.15) is 0 Å². The molecule has 1 N–H and O–H groups in total. The van der Waals surface area contributed by atoms with E-state index in [2.05, 4.69) is 24.4 Å². The van der Waals surface area contributed by atoms with Gasteiger partial charge in [0.25, 0.3) is 0 Å². The van der Waals surface area contributed by atoms with Gasteiger partial charge in [-0.05, 0) is 24.1 Å². The van der Waals surface area contributed by atoms with Gasteiger partial charge < -0.3 is 5.32 Å². The summed E-state index contributed by atoms with van der Waals surface area (Å²) in [6.45, 7) is 4.25. The molecule has 16 heavy (non-hydrogen) atoms. The van der Waals surface area contributed by atoms with Crippen molar-refractivity contribution in [2.45, 2.75) is 20.3 Å². The number of aryl methyl sites for hydroxylation is 1. The Morgan fingerprint density at radius 2 is 2.00 bits per heavy atom. The highest BCUT2D eigenvalue weighted by Crippen LogP contribution is 2.10. The van der Waals surface area contributed by atoms with Crippen LogP contribution in [0.3, 0.4) is 0 Å². The maximum absolute atomic E-state index is 11.3. The summed E-state index contributed by atoms with van der Waals surface area (Å²) in [4.78, 5) is 0. The number of anilines is 1. The first kappa shape index (κ1) is 13.0. The Balaban J connectivity index is 2.49. The molecule has 90 valence electrons. The topological polar surface area (TPSA) is 46.2 Å². The molecule has 3 nitrogen and oxygen atoms in total. The minimum absolute atomic E-state index is 0.194. The zero-order valence-electron chi connectivity index (χ0n) is 9.86. The van der Waals surface area contributed by atoms with Crippen LogP contribution in [0.4, 0.5) is 5.69 Å². The number of hydrogen-bond acceptors (Lipinski definition) is 3. The lowest BCUT2D eigenvalue weighted by atomic mass is 10.1. The summed E-state index contributed by atoms with van der Waals surface area (Å²) in [7, 11) is -2.87. The molecule has 1 rings (SSSR count). The third kappa shape index (κ3) is 4.23. The monoisotopic (exact) mass is 241 g/mol. The number of hydrogen-bond donors (Lipinski definition) is 1. The van der Waals surface area contributed by atoms with E-state index in [1.54, 1.807) is 6.92 Å². The molecule has 4 heteroatoms. The van der Waals surface area contributed by atoms with Crippen molar-refractivity contribution in [3.05, 3.63) is 29.8 Å². The summed E-state index contributed by atoms with van der Waals surface area (Å²) < 4.78 is 22.5. The van der Waals surface area contributed by atoms with Gasteiger partial charge in [-0.25, -0.2) is 8.42 Å². The smallest absolute Gasteiger partial charge is 0.151 e. The number of benzene rings is 1. The third-order valence-corrected chi connectivity index (χ3v) is 4.22. The Bertz CT molecular complexity index is 426. The highest BCUT2D eigenvalue weighted by molar-refractivity contribution is 7.91. The van der Waals surface area contributed by atoms with Crippen LogP contribution in [0, 0.1) is 0 Å². The molecule has 0 atom stereocenters. The Morgan fingerprint density at radius 3 is 2.62 bits per heavy atom. The van der Waals surface area contributed by atoms with E-state index in [1.165, 1.54) is 5.56 Å². The van der Waals surface area contributed by atoms with Crippen molar-refractivity contribution in [3.8, 4) is 0 Å². The van der Waals surface area contributed by atoms with Crippen LogP contribution in [0.15, 0.2) is 24.3 Å². The molecule has 0 unspecified atom stereocenters. The molecule has 0 aromatic heterocycles. The number of sulfone groups is 1. The van der Waals surface area contributed by atoms with Crippen LogP contribution in [0.2, 0.25) is 0 Å². The average molecular weight is 241 g/mol. The van der Waals surface area contributed by atoms with Crippen LogP contribution < -0.4 is 5.32 Å². The Labute approximate surface area is 97.8 Å². The van der Waals surface area contributed by atoms with Crippen LogP contribution in [0.25, 0.3) is 0 Å². The highest BCUT2D eigenvalue weighted by Gasteiger charge is 2.06. The minimum atomic E-state index is -2.87. The first-order chi connectivity index (χ1) is 7.57. The molecule has 0 aliphatic carbocycles. The van der Waals surface area contributed by atoms with Gasteiger partial charge in [0, 0.05) is 18.0 Å². The largest absolute Gasteiger partial charge is 0.384 e. The van der Waals surface area contributed by atoms with Crippen molar-refractivity contribution in [2.24, 2.45) is 0 Å². The lowest BCUT2D eigenvalue weighted by Gasteiger charge is -2.07. The first-order valence-electron chi connectivity index (χ1n) is 5.60. The lowest BCUT2D eigenvalue weighted by molar-refractivity contribution is 0.597.